The Morgan fingerprint density at radius 2 is 1.92 bits per heavy atom. The van der Waals surface area contributed by atoms with E-state index in [1.807, 2.05) is 11.8 Å². The molecule has 0 N–H and O–H groups in total. The Balaban J connectivity index is 1.33. The molecule has 8 rings (SSSR count). The van der Waals surface area contributed by atoms with E-state index < -0.39 is 0 Å². The number of aliphatic imine (C=N–C) groups is 1. The molecule has 2 aliphatic heterocycles. The van der Waals surface area contributed by atoms with E-state index in [9.17, 15) is 0 Å². The van der Waals surface area contributed by atoms with Gasteiger partial charge in [0.05, 0.1) is 17.3 Å². The minimum absolute atomic E-state index is 0.720. The number of hydrogen-bond acceptors (Lipinski definition) is 4. The average Bonchev–Trinajstić information content (AvgIpc) is 3.46. The molecular formula is C34H34N2OS. The summed E-state index contributed by atoms with van der Waals surface area (Å²) in [5.74, 6) is 3.65. The maximum Gasteiger partial charge on any atom is 0.143 e. The molecule has 3 aromatic carbocycles. The van der Waals surface area contributed by atoms with Gasteiger partial charge in [-0.3, -0.25) is 4.99 Å². The fourth-order valence-electron chi connectivity index (χ4n) is 7.39. The Kier molecular flexibility index (Phi) is 5.47. The first-order chi connectivity index (χ1) is 18.8. The molecule has 1 saturated carbocycles. The normalized spacial score (nSPS) is 22.5. The van der Waals surface area contributed by atoms with Crippen molar-refractivity contribution in [2.75, 3.05) is 37.4 Å². The summed E-state index contributed by atoms with van der Waals surface area (Å²) in [6.07, 6.45) is 12.7. The summed E-state index contributed by atoms with van der Waals surface area (Å²) in [6, 6.07) is 16.3. The van der Waals surface area contributed by atoms with Gasteiger partial charge in [0.2, 0.25) is 0 Å². The van der Waals surface area contributed by atoms with E-state index in [0.717, 1.165) is 43.0 Å². The number of thioether (sulfide) groups is 1. The number of likely N-dealkylation sites (N-methyl/N-ethyl adjacent to an activating group) is 1. The Bertz CT molecular complexity index is 1560. The number of benzene rings is 3. The van der Waals surface area contributed by atoms with Crippen LogP contribution in [-0.4, -0.2) is 37.5 Å². The Morgan fingerprint density at radius 1 is 1.03 bits per heavy atom. The molecule has 3 aliphatic carbocycles. The molecular weight excluding hydrogens is 484 g/mol. The van der Waals surface area contributed by atoms with Crippen molar-refractivity contribution in [3.05, 3.63) is 76.9 Å². The van der Waals surface area contributed by atoms with Crippen molar-refractivity contribution in [1.82, 2.24) is 0 Å². The number of allylic oxidation sites excluding steroid dienone is 4. The Labute approximate surface area is 229 Å². The van der Waals surface area contributed by atoms with Crippen LogP contribution in [0.4, 0.5) is 5.69 Å². The Morgan fingerprint density at radius 3 is 2.76 bits per heavy atom. The zero-order valence-corrected chi connectivity index (χ0v) is 22.9. The number of nitrogens with zero attached hydrogens (tertiary/aromatic N) is 2. The average molecular weight is 519 g/mol. The summed E-state index contributed by atoms with van der Waals surface area (Å²) in [5.41, 5.74) is 11.3. The molecule has 1 atom stereocenters. The molecule has 4 heteroatoms. The maximum atomic E-state index is 6.10. The zero-order valence-electron chi connectivity index (χ0n) is 22.1. The van der Waals surface area contributed by atoms with Gasteiger partial charge in [-0.2, -0.15) is 0 Å². The van der Waals surface area contributed by atoms with Crippen LogP contribution in [0.15, 0.2) is 65.2 Å². The molecule has 0 aromatic heterocycles. The third-order valence-corrected chi connectivity index (χ3v) is 10.6. The zero-order chi connectivity index (χ0) is 25.2. The lowest BCUT2D eigenvalue weighted by atomic mass is 9.64. The molecule has 0 bridgehead atoms. The maximum absolute atomic E-state index is 6.10. The van der Waals surface area contributed by atoms with Gasteiger partial charge in [0, 0.05) is 24.9 Å². The molecule has 1 fully saturated rings. The van der Waals surface area contributed by atoms with Gasteiger partial charge in [-0.15, -0.1) is 11.8 Å². The first-order valence-electron chi connectivity index (χ1n) is 14.4. The second-order valence-electron chi connectivity index (χ2n) is 11.5. The van der Waals surface area contributed by atoms with Gasteiger partial charge in [-0.25, -0.2) is 0 Å². The SMILES string of the molecule is CN1CCOc2cc(-c3ccc4c5c(ccc4c3C3=NCCS3)C3=C(CCC=C3)C(C3CCC3)C5)ccc21. The van der Waals surface area contributed by atoms with Gasteiger partial charge < -0.3 is 9.64 Å². The van der Waals surface area contributed by atoms with Crippen molar-refractivity contribution >= 4 is 38.8 Å². The number of fused-ring (bicyclic) bond motifs is 5. The smallest absolute Gasteiger partial charge is 0.143 e. The molecule has 0 spiro atoms. The highest BCUT2D eigenvalue weighted by Gasteiger charge is 2.36. The molecule has 38 heavy (non-hydrogen) atoms. The molecule has 0 amide bonds. The summed E-state index contributed by atoms with van der Waals surface area (Å²) in [7, 11) is 2.15. The van der Waals surface area contributed by atoms with E-state index in [2.05, 4.69) is 66.6 Å². The van der Waals surface area contributed by atoms with E-state index in [4.69, 9.17) is 9.73 Å². The van der Waals surface area contributed by atoms with Crippen molar-refractivity contribution in [2.24, 2.45) is 16.8 Å². The summed E-state index contributed by atoms with van der Waals surface area (Å²) in [5, 5.41) is 3.99. The van der Waals surface area contributed by atoms with Crippen LogP contribution in [0, 0.1) is 11.8 Å². The summed E-state index contributed by atoms with van der Waals surface area (Å²) in [6.45, 7) is 2.58. The summed E-state index contributed by atoms with van der Waals surface area (Å²) in [4.78, 5) is 7.29. The molecule has 0 radical (unpaired) electrons. The highest BCUT2D eigenvalue weighted by atomic mass is 32.2. The van der Waals surface area contributed by atoms with E-state index >= 15 is 0 Å². The van der Waals surface area contributed by atoms with Gasteiger partial charge in [0.1, 0.15) is 12.4 Å². The monoisotopic (exact) mass is 518 g/mol. The molecule has 2 heterocycles. The predicted octanol–water partition coefficient (Wildman–Crippen LogP) is 7.90. The van der Waals surface area contributed by atoms with Gasteiger partial charge >= 0.3 is 0 Å². The van der Waals surface area contributed by atoms with Crippen LogP contribution >= 0.6 is 11.8 Å². The third-order valence-electron chi connectivity index (χ3n) is 9.57. The van der Waals surface area contributed by atoms with Crippen molar-refractivity contribution in [1.29, 1.82) is 0 Å². The number of rotatable bonds is 3. The van der Waals surface area contributed by atoms with E-state index in [1.54, 1.807) is 11.1 Å². The van der Waals surface area contributed by atoms with Crippen molar-refractivity contribution in [2.45, 2.75) is 38.5 Å². The molecule has 5 aliphatic rings. The van der Waals surface area contributed by atoms with Gasteiger partial charge in [0.15, 0.2) is 0 Å². The lowest BCUT2D eigenvalue weighted by molar-refractivity contribution is 0.227. The lowest BCUT2D eigenvalue weighted by Gasteiger charge is -2.41. The van der Waals surface area contributed by atoms with Crippen molar-refractivity contribution < 1.29 is 4.74 Å². The van der Waals surface area contributed by atoms with Gasteiger partial charge in [0.25, 0.3) is 0 Å². The molecule has 3 nitrogen and oxygen atoms in total. The van der Waals surface area contributed by atoms with Crippen LogP contribution < -0.4 is 9.64 Å². The summed E-state index contributed by atoms with van der Waals surface area (Å²) < 4.78 is 6.10. The van der Waals surface area contributed by atoms with Crippen molar-refractivity contribution in [3.8, 4) is 16.9 Å². The first-order valence-corrected chi connectivity index (χ1v) is 15.4. The minimum atomic E-state index is 0.720. The fourth-order valence-corrected chi connectivity index (χ4v) is 8.31. The first kappa shape index (κ1) is 23.0. The predicted molar refractivity (Wildman–Crippen MR) is 162 cm³/mol. The van der Waals surface area contributed by atoms with Crippen LogP contribution in [0.1, 0.15) is 48.8 Å². The van der Waals surface area contributed by atoms with E-state index in [1.165, 1.54) is 87.9 Å². The quantitative estimate of drug-likeness (QED) is 0.352. The van der Waals surface area contributed by atoms with Crippen LogP contribution in [0.3, 0.4) is 0 Å². The standard InChI is InChI=1S/C34H34N2OS/c1-36-16-17-37-32-19-22(9-14-31(32)36)23-10-11-27-28(33(23)34-35-15-18-38-34)13-12-26-24-7-2-3-8-25(24)29(20-30(26)27)21-5-4-6-21/h2,7,9-14,19,21,29H,3-6,8,15-18,20H2,1H3. The molecule has 3 aromatic rings. The third kappa shape index (κ3) is 3.52. The van der Waals surface area contributed by atoms with E-state index in [0.29, 0.717) is 0 Å². The number of anilines is 1. The lowest BCUT2D eigenvalue weighted by Crippen LogP contribution is -2.29. The topological polar surface area (TPSA) is 24.8 Å². The van der Waals surface area contributed by atoms with E-state index in [-0.39, 0.29) is 0 Å². The highest BCUT2D eigenvalue weighted by molar-refractivity contribution is 8.14. The highest BCUT2D eigenvalue weighted by Crippen LogP contribution is 2.50. The number of ether oxygens (including phenoxy) is 1. The fraction of sp³-hybridized carbons (Fsp3) is 0.382. The van der Waals surface area contributed by atoms with Crippen LogP contribution in [-0.2, 0) is 6.42 Å². The van der Waals surface area contributed by atoms with Crippen molar-refractivity contribution in [3.63, 3.8) is 0 Å². The van der Waals surface area contributed by atoms with Crippen LogP contribution in [0.25, 0.3) is 27.5 Å². The second kappa shape index (κ2) is 9.05. The molecule has 192 valence electrons. The Hall–Kier alpha value is -2.98. The van der Waals surface area contributed by atoms with Gasteiger partial charge in [-0.1, -0.05) is 54.5 Å². The second-order valence-corrected chi connectivity index (χ2v) is 12.6. The number of hydrogen-bond donors (Lipinski definition) is 0. The van der Waals surface area contributed by atoms with Gasteiger partial charge in [-0.05, 0) is 94.7 Å². The van der Waals surface area contributed by atoms with Crippen LogP contribution in [0.5, 0.6) is 5.75 Å². The minimum Gasteiger partial charge on any atom is -0.490 e. The van der Waals surface area contributed by atoms with Crippen LogP contribution in [0.2, 0.25) is 0 Å². The summed E-state index contributed by atoms with van der Waals surface area (Å²) >= 11 is 1.91. The molecule has 0 saturated heterocycles. The largest absolute Gasteiger partial charge is 0.490 e. The molecule has 1 unspecified atom stereocenters.